The number of anilines is 1. The van der Waals surface area contributed by atoms with E-state index in [1.165, 1.54) is 17.0 Å². The van der Waals surface area contributed by atoms with Crippen LogP contribution in [0.25, 0.3) is 0 Å². The van der Waals surface area contributed by atoms with E-state index < -0.39 is 0 Å². The summed E-state index contributed by atoms with van der Waals surface area (Å²) in [4.78, 5) is 24.7. The van der Waals surface area contributed by atoms with E-state index >= 15 is 0 Å². The molecule has 0 unspecified atom stereocenters. The molecule has 0 radical (unpaired) electrons. The molecule has 2 rings (SSSR count). The fraction of sp³-hybridized carbons (Fsp3) is 0.222. The van der Waals surface area contributed by atoms with E-state index in [0.717, 1.165) is 0 Å². The van der Waals surface area contributed by atoms with Crippen molar-refractivity contribution in [1.82, 2.24) is 10.2 Å². The molecule has 0 heterocycles. The van der Waals surface area contributed by atoms with Crippen molar-refractivity contribution in [1.29, 1.82) is 0 Å². The van der Waals surface area contributed by atoms with Gasteiger partial charge in [0.05, 0.1) is 0 Å². The number of rotatable bonds is 6. The Morgan fingerprint density at radius 3 is 2.48 bits per heavy atom. The Balaban J connectivity index is 1.89. The third-order valence-electron chi connectivity index (χ3n) is 3.44. The number of ether oxygens (including phenoxy) is 1. The molecule has 0 spiro atoms. The summed E-state index contributed by atoms with van der Waals surface area (Å²) in [5.41, 5.74) is 0.586. The Morgan fingerprint density at radius 1 is 1.12 bits per heavy atom. The second kappa shape index (κ2) is 8.68. The molecule has 0 aliphatic heterocycles. The minimum Gasteiger partial charge on any atom is -0.457 e. The van der Waals surface area contributed by atoms with Crippen LogP contribution in [-0.2, 0) is 4.79 Å². The van der Waals surface area contributed by atoms with Gasteiger partial charge in [-0.25, -0.2) is 9.18 Å². The largest absolute Gasteiger partial charge is 0.457 e. The number of amides is 3. The van der Waals surface area contributed by atoms with Gasteiger partial charge in [-0.15, -0.1) is 0 Å². The minimum atomic E-state index is -0.374. The summed E-state index contributed by atoms with van der Waals surface area (Å²) >= 11 is 0. The first-order valence-electron chi connectivity index (χ1n) is 7.74. The van der Waals surface area contributed by atoms with Crippen LogP contribution in [0.1, 0.15) is 6.42 Å². The summed E-state index contributed by atoms with van der Waals surface area (Å²) in [5, 5.41) is 5.23. The highest BCUT2D eigenvalue weighted by atomic mass is 19.1. The minimum absolute atomic E-state index is 0.126. The first kappa shape index (κ1) is 18.3. The lowest BCUT2D eigenvalue weighted by Crippen LogP contribution is -2.34. The maximum absolute atomic E-state index is 13.1. The molecular formula is C18H20FN3O3. The van der Waals surface area contributed by atoms with Gasteiger partial charge in [-0.3, -0.25) is 4.79 Å². The van der Waals surface area contributed by atoms with E-state index in [1.807, 2.05) is 0 Å². The molecule has 0 bridgehead atoms. The summed E-state index contributed by atoms with van der Waals surface area (Å²) in [6.07, 6.45) is 0.237. The van der Waals surface area contributed by atoms with Crippen molar-refractivity contribution in [3.63, 3.8) is 0 Å². The predicted octanol–water partition coefficient (Wildman–Crippen LogP) is 3.22. The van der Waals surface area contributed by atoms with Crippen molar-refractivity contribution in [2.45, 2.75) is 6.42 Å². The topological polar surface area (TPSA) is 70.7 Å². The van der Waals surface area contributed by atoms with Crippen molar-refractivity contribution in [3.8, 4) is 11.5 Å². The van der Waals surface area contributed by atoms with Crippen LogP contribution < -0.4 is 15.4 Å². The molecule has 7 heteroatoms. The molecule has 0 aromatic heterocycles. The highest BCUT2D eigenvalue weighted by Gasteiger charge is 2.10. The SMILES string of the molecule is CNC(=O)CCN(C)C(=O)Nc1ccc(Oc2cccc(F)c2)cc1. The molecule has 0 fully saturated rings. The summed E-state index contributed by atoms with van der Waals surface area (Å²) < 4.78 is 18.7. The molecule has 0 atom stereocenters. The maximum atomic E-state index is 13.1. The highest BCUT2D eigenvalue weighted by Crippen LogP contribution is 2.23. The van der Waals surface area contributed by atoms with Gasteiger partial charge in [0.15, 0.2) is 0 Å². The van der Waals surface area contributed by atoms with E-state index in [0.29, 0.717) is 23.7 Å². The van der Waals surface area contributed by atoms with Gasteiger partial charge in [-0.1, -0.05) is 6.07 Å². The van der Waals surface area contributed by atoms with Crippen molar-refractivity contribution < 1.29 is 18.7 Å². The summed E-state index contributed by atoms with van der Waals surface area (Å²) in [6, 6.07) is 12.2. The second-order valence-corrected chi connectivity index (χ2v) is 5.36. The molecule has 0 aliphatic rings. The lowest BCUT2D eigenvalue weighted by atomic mass is 10.3. The third-order valence-corrected chi connectivity index (χ3v) is 3.44. The van der Waals surface area contributed by atoms with E-state index in [4.69, 9.17) is 4.74 Å². The maximum Gasteiger partial charge on any atom is 0.321 e. The number of urea groups is 1. The van der Waals surface area contributed by atoms with Crippen molar-refractivity contribution in [3.05, 3.63) is 54.3 Å². The van der Waals surface area contributed by atoms with Crippen LogP contribution in [0.15, 0.2) is 48.5 Å². The van der Waals surface area contributed by atoms with Crippen LogP contribution in [0.2, 0.25) is 0 Å². The smallest absolute Gasteiger partial charge is 0.321 e. The van der Waals surface area contributed by atoms with Gasteiger partial charge in [0.2, 0.25) is 5.91 Å². The average Bonchev–Trinajstić information content (AvgIpc) is 2.61. The lowest BCUT2D eigenvalue weighted by Gasteiger charge is -2.17. The van der Waals surface area contributed by atoms with Crippen LogP contribution >= 0.6 is 0 Å². The van der Waals surface area contributed by atoms with Gasteiger partial charge in [0, 0.05) is 38.8 Å². The van der Waals surface area contributed by atoms with Crippen LogP contribution in [-0.4, -0.2) is 37.5 Å². The first-order chi connectivity index (χ1) is 12.0. The van der Waals surface area contributed by atoms with Crippen molar-refractivity contribution >= 4 is 17.6 Å². The molecule has 0 saturated carbocycles. The highest BCUT2D eigenvalue weighted by molar-refractivity contribution is 5.89. The Hall–Kier alpha value is -3.09. The third kappa shape index (κ3) is 5.80. The summed E-state index contributed by atoms with van der Waals surface area (Å²) in [5.74, 6) is 0.418. The van der Waals surface area contributed by atoms with E-state index in [-0.39, 0.29) is 24.2 Å². The van der Waals surface area contributed by atoms with Gasteiger partial charge < -0.3 is 20.3 Å². The van der Waals surface area contributed by atoms with Crippen LogP contribution in [0.3, 0.4) is 0 Å². The second-order valence-electron chi connectivity index (χ2n) is 5.36. The predicted molar refractivity (Wildman–Crippen MR) is 93.2 cm³/mol. The molecule has 0 aliphatic carbocycles. The normalized spacial score (nSPS) is 10.0. The monoisotopic (exact) mass is 345 g/mol. The van der Waals surface area contributed by atoms with E-state index in [9.17, 15) is 14.0 Å². The fourth-order valence-corrected chi connectivity index (χ4v) is 1.99. The molecule has 3 amide bonds. The number of hydrogen-bond acceptors (Lipinski definition) is 3. The zero-order chi connectivity index (χ0) is 18.2. The number of carbonyl (C=O) groups excluding carboxylic acids is 2. The van der Waals surface area contributed by atoms with Gasteiger partial charge in [-0.2, -0.15) is 0 Å². The summed E-state index contributed by atoms with van der Waals surface area (Å²) in [7, 11) is 3.16. The molecule has 2 aromatic rings. The molecule has 2 aromatic carbocycles. The molecule has 2 N–H and O–H groups in total. The number of hydrogen-bond donors (Lipinski definition) is 2. The average molecular weight is 345 g/mol. The zero-order valence-corrected chi connectivity index (χ0v) is 14.1. The number of carbonyl (C=O) groups is 2. The van der Waals surface area contributed by atoms with Gasteiger partial charge in [0.25, 0.3) is 0 Å². The molecule has 25 heavy (non-hydrogen) atoms. The van der Waals surface area contributed by atoms with E-state index in [1.54, 1.807) is 50.5 Å². The van der Waals surface area contributed by atoms with Crippen LogP contribution in [0, 0.1) is 5.82 Å². The van der Waals surface area contributed by atoms with Crippen molar-refractivity contribution in [2.75, 3.05) is 26.0 Å². The number of nitrogens with one attached hydrogen (secondary N) is 2. The zero-order valence-electron chi connectivity index (χ0n) is 14.1. The van der Waals surface area contributed by atoms with Crippen LogP contribution in [0.4, 0.5) is 14.9 Å². The van der Waals surface area contributed by atoms with Crippen LogP contribution in [0.5, 0.6) is 11.5 Å². The Bertz CT molecular complexity index is 735. The molecule has 0 saturated heterocycles. The summed E-state index contributed by atoms with van der Waals surface area (Å²) in [6.45, 7) is 0.312. The quantitative estimate of drug-likeness (QED) is 0.844. The Labute approximate surface area is 145 Å². The van der Waals surface area contributed by atoms with Gasteiger partial charge in [-0.05, 0) is 36.4 Å². The van der Waals surface area contributed by atoms with Gasteiger partial charge in [0.1, 0.15) is 17.3 Å². The van der Waals surface area contributed by atoms with E-state index in [2.05, 4.69) is 10.6 Å². The molecule has 6 nitrogen and oxygen atoms in total. The molecular weight excluding hydrogens is 325 g/mol. The van der Waals surface area contributed by atoms with Gasteiger partial charge >= 0.3 is 6.03 Å². The van der Waals surface area contributed by atoms with Crippen molar-refractivity contribution in [2.24, 2.45) is 0 Å². The fourth-order valence-electron chi connectivity index (χ4n) is 1.99. The standard InChI is InChI=1S/C18H20FN3O3/c1-20-17(23)10-11-22(2)18(24)21-14-6-8-15(9-7-14)25-16-5-3-4-13(19)12-16/h3-9,12H,10-11H2,1-2H3,(H,20,23)(H,21,24). The Kier molecular flexibility index (Phi) is 6.33. The number of halogens is 1. The number of benzene rings is 2. The lowest BCUT2D eigenvalue weighted by molar-refractivity contribution is -0.120. The molecule has 132 valence electrons. The first-order valence-corrected chi connectivity index (χ1v) is 7.74. The number of nitrogens with zero attached hydrogens (tertiary/aromatic N) is 1. The Morgan fingerprint density at radius 2 is 1.84 bits per heavy atom.